The van der Waals surface area contributed by atoms with E-state index in [2.05, 4.69) is 4.72 Å². The Hall–Kier alpha value is -1.40. The van der Waals surface area contributed by atoms with Crippen LogP contribution in [0.3, 0.4) is 0 Å². The molecular formula is C13H20N2O3S. The standard InChI is InChI=1S/C13H20N2O3S/c1-5-15(6-2)19(17,18)14-13(16)12-8-7-10(3)11(4)9-12/h7-9H,5-6H2,1-4H3,(H,14,16). The first-order valence-corrected chi connectivity index (χ1v) is 7.65. The zero-order valence-corrected chi connectivity index (χ0v) is 12.5. The maximum absolute atomic E-state index is 11.9. The number of aryl methyl sites for hydroxylation is 2. The number of carbonyl (C=O) groups is 1. The summed E-state index contributed by atoms with van der Waals surface area (Å²) in [5.74, 6) is -0.602. The van der Waals surface area contributed by atoms with E-state index in [9.17, 15) is 13.2 Å². The van der Waals surface area contributed by atoms with E-state index in [1.807, 2.05) is 13.8 Å². The fourth-order valence-electron chi connectivity index (χ4n) is 1.69. The second-order valence-electron chi connectivity index (χ2n) is 4.32. The van der Waals surface area contributed by atoms with Crippen LogP contribution >= 0.6 is 0 Å². The Labute approximate surface area is 114 Å². The maximum atomic E-state index is 11.9. The summed E-state index contributed by atoms with van der Waals surface area (Å²) in [6, 6.07) is 5.10. The van der Waals surface area contributed by atoms with Gasteiger partial charge in [0.2, 0.25) is 0 Å². The first kappa shape index (κ1) is 15.7. The molecule has 5 nitrogen and oxygen atoms in total. The smallest absolute Gasteiger partial charge is 0.268 e. The van der Waals surface area contributed by atoms with Crippen LogP contribution in [0.4, 0.5) is 0 Å². The lowest BCUT2D eigenvalue weighted by Gasteiger charge is -2.18. The summed E-state index contributed by atoms with van der Waals surface area (Å²) >= 11 is 0. The molecule has 6 heteroatoms. The zero-order chi connectivity index (χ0) is 14.6. The van der Waals surface area contributed by atoms with Crippen LogP contribution in [0.1, 0.15) is 35.3 Å². The maximum Gasteiger partial charge on any atom is 0.304 e. The number of carbonyl (C=O) groups excluding carboxylic acids is 1. The molecule has 1 amide bonds. The lowest BCUT2D eigenvalue weighted by atomic mass is 10.1. The molecule has 0 spiro atoms. The predicted octanol–water partition coefficient (Wildman–Crippen LogP) is 1.62. The largest absolute Gasteiger partial charge is 0.304 e. The first-order chi connectivity index (χ1) is 8.81. The molecule has 0 unspecified atom stereocenters. The molecule has 0 aliphatic rings. The average molecular weight is 284 g/mol. The van der Waals surface area contributed by atoms with E-state index >= 15 is 0 Å². The molecule has 0 saturated heterocycles. The van der Waals surface area contributed by atoms with Crippen molar-refractivity contribution in [3.05, 3.63) is 34.9 Å². The van der Waals surface area contributed by atoms with Gasteiger partial charge in [-0.1, -0.05) is 19.9 Å². The first-order valence-electron chi connectivity index (χ1n) is 6.21. The number of nitrogens with zero attached hydrogens (tertiary/aromatic N) is 1. The summed E-state index contributed by atoms with van der Waals surface area (Å²) in [6.07, 6.45) is 0. The minimum Gasteiger partial charge on any atom is -0.268 e. The van der Waals surface area contributed by atoms with Crippen LogP contribution in [0.2, 0.25) is 0 Å². The molecule has 0 bridgehead atoms. The predicted molar refractivity (Wildman–Crippen MR) is 75.2 cm³/mol. The monoisotopic (exact) mass is 284 g/mol. The molecule has 0 aliphatic carbocycles. The van der Waals surface area contributed by atoms with Gasteiger partial charge in [-0.15, -0.1) is 0 Å². The summed E-state index contributed by atoms with van der Waals surface area (Å²) < 4.78 is 27.1. The summed E-state index contributed by atoms with van der Waals surface area (Å²) in [4.78, 5) is 11.9. The van der Waals surface area contributed by atoms with Gasteiger partial charge in [0.05, 0.1) is 0 Å². The van der Waals surface area contributed by atoms with Crippen LogP contribution < -0.4 is 4.72 Å². The van der Waals surface area contributed by atoms with Crippen molar-refractivity contribution in [1.29, 1.82) is 0 Å². The number of nitrogens with one attached hydrogen (secondary N) is 1. The van der Waals surface area contributed by atoms with Crippen LogP contribution in [-0.4, -0.2) is 31.7 Å². The number of rotatable bonds is 5. The van der Waals surface area contributed by atoms with Gasteiger partial charge >= 0.3 is 10.2 Å². The molecule has 0 aromatic heterocycles. The Morgan fingerprint density at radius 1 is 1.16 bits per heavy atom. The number of hydrogen-bond donors (Lipinski definition) is 1. The fourth-order valence-corrected chi connectivity index (χ4v) is 2.85. The molecule has 1 N–H and O–H groups in total. The molecule has 106 valence electrons. The van der Waals surface area contributed by atoms with Gasteiger partial charge in [-0.25, -0.2) is 4.72 Å². The van der Waals surface area contributed by atoms with Crippen molar-refractivity contribution in [1.82, 2.24) is 9.03 Å². The zero-order valence-electron chi connectivity index (χ0n) is 11.7. The van der Waals surface area contributed by atoms with E-state index in [0.717, 1.165) is 11.1 Å². The Balaban J connectivity index is 2.93. The van der Waals surface area contributed by atoms with Crippen LogP contribution in [0.15, 0.2) is 18.2 Å². The highest BCUT2D eigenvalue weighted by molar-refractivity contribution is 7.87. The van der Waals surface area contributed by atoms with Crippen molar-refractivity contribution in [3.63, 3.8) is 0 Å². The minimum atomic E-state index is -3.76. The van der Waals surface area contributed by atoms with E-state index in [1.165, 1.54) is 4.31 Å². The molecule has 1 aromatic carbocycles. The quantitative estimate of drug-likeness (QED) is 0.893. The summed E-state index contributed by atoms with van der Waals surface area (Å²) in [7, 11) is -3.76. The molecule has 0 fully saturated rings. The molecule has 0 aliphatic heterocycles. The highest BCUT2D eigenvalue weighted by atomic mass is 32.2. The van der Waals surface area contributed by atoms with E-state index in [4.69, 9.17) is 0 Å². The van der Waals surface area contributed by atoms with Crippen molar-refractivity contribution in [2.24, 2.45) is 0 Å². The minimum absolute atomic E-state index is 0.325. The second-order valence-corrected chi connectivity index (χ2v) is 5.99. The fraction of sp³-hybridized carbons (Fsp3) is 0.462. The lowest BCUT2D eigenvalue weighted by Crippen LogP contribution is -2.43. The Morgan fingerprint density at radius 3 is 2.21 bits per heavy atom. The molecule has 0 saturated carbocycles. The lowest BCUT2D eigenvalue weighted by molar-refractivity contribution is 0.0979. The third-order valence-electron chi connectivity index (χ3n) is 3.04. The number of benzene rings is 1. The Kier molecular flexibility index (Phi) is 5.08. The van der Waals surface area contributed by atoms with Gasteiger partial charge in [0, 0.05) is 18.7 Å². The Morgan fingerprint density at radius 2 is 1.74 bits per heavy atom. The van der Waals surface area contributed by atoms with Gasteiger partial charge in [0.15, 0.2) is 0 Å². The van der Waals surface area contributed by atoms with E-state index in [-0.39, 0.29) is 0 Å². The van der Waals surface area contributed by atoms with Crippen LogP contribution in [0, 0.1) is 13.8 Å². The average Bonchev–Trinajstić information content (AvgIpc) is 2.33. The van der Waals surface area contributed by atoms with Crippen molar-refractivity contribution < 1.29 is 13.2 Å². The van der Waals surface area contributed by atoms with Gasteiger partial charge in [0.25, 0.3) is 5.91 Å². The number of amides is 1. The highest BCUT2D eigenvalue weighted by Gasteiger charge is 2.22. The summed E-state index contributed by atoms with van der Waals surface area (Å²) in [5.41, 5.74) is 2.36. The van der Waals surface area contributed by atoms with Gasteiger partial charge in [-0.3, -0.25) is 4.79 Å². The van der Waals surface area contributed by atoms with Gasteiger partial charge < -0.3 is 0 Å². The van der Waals surface area contributed by atoms with Gasteiger partial charge in [-0.2, -0.15) is 12.7 Å². The van der Waals surface area contributed by atoms with Crippen LogP contribution in [0.25, 0.3) is 0 Å². The van der Waals surface area contributed by atoms with Crippen molar-refractivity contribution in [2.75, 3.05) is 13.1 Å². The van der Waals surface area contributed by atoms with Gasteiger partial charge in [0.1, 0.15) is 0 Å². The van der Waals surface area contributed by atoms with Gasteiger partial charge in [-0.05, 0) is 37.1 Å². The second kappa shape index (κ2) is 6.16. The van der Waals surface area contributed by atoms with Crippen molar-refractivity contribution in [2.45, 2.75) is 27.7 Å². The normalized spacial score (nSPS) is 11.6. The molecule has 0 radical (unpaired) electrons. The summed E-state index contributed by atoms with van der Waals surface area (Å²) in [5, 5.41) is 0. The van der Waals surface area contributed by atoms with Crippen LogP contribution in [-0.2, 0) is 10.2 Å². The molecule has 1 aromatic rings. The van der Waals surface area contributed by atoms with Crippen molar-refractivity contribution >= 4 is 16.1 Å². The van der Waals surface area contributed by atoms with E-state index in [1.54, 1.807) is 32.0 Å². The SMILES string of the molecule is CCN(CC)S(=O)(=O)NC(=O)c1ccc(C)c(C)c1. The molecule has 0 heterocycles. The third kappa shape index (κ3) is 3.78. The Bertz CT molecular complexity index is 563. The highest BCUT2D eigenvalue weighted by Crippen LogP contribution is 2.10. The molecule has 1 rings (SSSR count). The van der Waals surface area contributed by atoms with E-state index < -0.39 is 16.1 Å². The van der Waals surface area contributed by atoms with Crippen molar-refractivity contribution in [3.8, 4) is 0 Å². The third-order valence-corrected chi connectivity index (χ3v) is 4.68. The van der Waals surface area contributed by atoms with Crippen LogP contribution in [0.5, 0.6) is 0 Å². The molecule has 0 atom stereocenters. The number of hydrogen-bond acceptors (Lipinski definition) is 3. The molecular weight excluding hydrogens is 264 g/mol. The summed E-state index contributed by atoms with van der Waals surface area (Å²) in [6.45, 7) is 7.92. The molecule has 19 heavy (non-hydrogen) atoms. The van der Waals surface area contributed by atoms with E-state index in [0.29, 0.717) is 18.7 Å². The topological polar surface area (TPSA) is 66.5 Å².